The molecule has 0 aromatic carbocycles. The maximum absolute atomic E-state index is 11.5. The Morgan fingerprint density at radius 2 is 0.889 bits per heavy atom. The summed E-state index contributed by atoms with van der Waals surface area (Å²) in [5.74, 6) is 0. The normalized spacial score (nSPS) is 48.3. The topological polar surface area (TPSA) is 482 Å². The second-order valence-electron chi connectivity index (χ2n) is 15.8. The summed E-state index contributed by atoms with van der Waals surface area (Å²) in [7, 11) is 0. The lowest BCUT2D eigenvalue weighted by atomic mass is 9.95. The van der Waals surface area contributed by atoms with E-state index in [1.165, 1.54) is 0 Å². The van der Waals surface area contributed by atoms with E-state index >= 15 is 0 Å². The molecular weight excluding hydrogens is 870 g/mol. The fraction of sp³-hybridized carbons (Fsp3) is 1.00. The molecule has 5 heterocycles. The molecule has 5 rings (SSSR count). The molecule has 5 saturated heterocycles. The van der Waals surface area contributed by atoms with Gasteiger partial charge in [0.15, 0.2) is 31.5 Å². The van der Waals surface area contributed by atoms with E-state index in [-0.39, 0.29) is 0 Å². The van der Waals surface area contributed by atoms with Crippen molar-refractivity contribution in [1.29, 1.82) is 0 Å². The SMILES string of the molecule is NC[C@H](O)[C@@H](O)[C@H](O[C@@H]1O[C@H](CO[C@H]2OC[C@@H](O)[C@H](O)[C@H]2O)[C@@H](O[C@@H]2O[C@H](CO[C@H]3OC[C@@H](O)[C@H](O)[C@H]3O)[C@@H](O[C@H]3O[C@H](CO)[C@@H](O)[C@H](O)[C@H]3O)[C@H](O)[C@H]2O)[C@H](O)[C@H]1O)[C@H](O)CO. The second-order valence-corrected chi connectivity index (χ2v) is 15.8. The molecule has 0 aliphatic carbocycles. The third-order valence-corrected chi connectivity index (χ3v) is 11.3. The Hall–Kier alpha value is -1.16. The highest BCUT2D eigenvalue weighted by Crippen LogP contribution is 2.34. The van der Waals surface area contributed by atoms with Crippen molar-refractivity contribution in [2.24, 2.45) is 5.73 Å². The molecular formula is C34H61NO28. The standard InChI is InChI=1S/C34H61NO28/c35-1-8(38)17(44)27(9(39)2-36)61-33-25(52)20(47)29(13(59-33)6-56-30-22(49)15(42)10(40)4-54-30)63-34-26(53)21(48)28(62-32-24(51)19(46)18(45)12(3-37)58-32)14(60-34)7-57-31-23(50)16(43)11(41)5-55-31/h8-34,36-53H,1-7,35H2/t8-,9+,10+,11+,12+,13+,14+,15-,16-,17+,18+,19-,20+,21+,22+,23+,24+,25+,26+,27+,28+,29+,30+,31+,32+,33-,34-/m0/s1. The van der Waals surface area contributed by atoms with E-state index in [9.17, 15) is 91.9 Å². The summed E-state index contributed by atoms with van der Waals surface area (Å²) in [5, 5.41) is 188. The Bertz CT molecular complexity index is 1360. The minimum atomic E-state index is -2.23. The fourth-order valence-electron chi connectivity index (χ4n) is 7.38. The van der Waals surface area contributed by atoms with Gasteiger partial charge in [-0.3, -0.25) is 0 Å². The maximum Gasteiger partial charge on any atom is 0.187 e. The quantitative estimate of drug-likeness (QED) is 0.0607. The van der Waals surface area contributed by atoms with Gasteiger partial charge in [0.2, 0.25) is 0 Å². The number of ether oxygens (including phenoxy) is 10. The van der Waals surface area contributed by atoms with Crippen molar-refractivity contribution in [3.8, 4) is 0 Å². The van der Waals surface area contributed by atoms with Gasteiger partial charge in [-0.1, -0.05) is 0 Å². The van der Waals surface area contributed by atoms with E-state index in [4.69, 9.17) is 53.1 Å². The highest BCUT2D eigenvalue weighted by molar-refractivity contribution is 4.98. The lowest BCUT2D eigenvalue weighted by Gasteiger charge is -2.49. The molecule has 0 amide bonds. The number of aliphatic hydroxyl groups excluding tert-OH is 18. The van der Waals surface area contributed by atoms with Crippen LogP contribution in [0.4, 0.5) is 0 Å². The fourth-order valence-corrected chi connectivity index (χ4v) is 7.38. The van der Waals surface area contributed by atoms with Crippen LogP contribution in [0.15, 0.2) is 0 Å². The molecule has 5 fully saturated rings. The lowest BCUT2D eigenvalue weighted by Crippen LogP contribution is -2.67. The van der Waals surface area contributed by atoms with Crippen molar-refractivity contribution in [1.82, 2.24) is 0 Å². The predicted octanol–water partition coefficient (Wildman–Crippen LogP) is -13.2. The van der Waals surface area contributed by atoms with Crippen molar-refractivity contribution >= 4 is 0 Å². The van der Waals surface area contributed by atoms with E-state index in [1.54, 1.807) is 0 Å². The number of aliphatic hydroxyl groups is 18. The van der Waals surface area contributed by atoms with Gasteiger partial charge in [0, 0.05) is 6.54 Å². The first-order valence-electron chi connectivity index (χ1n) is 20.0. The average Bonchev–Trinajstić information content (AvgIpc) is 3.27. The van der Waals surface area contributed by atoms with Crippen LogP contribution in [0.25, 0.3) is 0 Å². The molecule has 0 bridgehead atoms. The van der Waals surface area contributed by atoms with Crippen molar-refractivity contribution < 1.29 is 139 Å². The van der Waals surface area contributed by atoms with Gasteiger partial charge in [-0.25, -0.2) is 0 Å². The highest BCUT2D eigenvalue weighted by Gasteiger charge is 2.55. The van der Waals surface area contributed by atoms with Crippen LogP contribution in [0.1, 0.15) is 0 Å². The van der Waals surface area contributed by atoms with E-state index < -0.39 is 212 Å². The first-order valence-corrected chi connectivity index (χ1v) is 20.0. The van der Waals surface area contributed by atoms with Gasteiger partial charge in [0.1, 0.15) is 128 Å². The van der Waals surface area contributed by atoms with Gasteiger partial charge in [0.25, 0.3) is 0 Å². The van der Waals surface area contributed by atoms with Gasteiger partial charge in [-0.2, -0.15) is 0 Å². The van der Waals surface area contributed by atoms with E-state index in [2.05, 4.69) is 0 Å². The van der Waals surface area contributed by atoms with Crippen molar-refractivity contribution in [3.05, 3.63) is 0 Å². The predicted molar refractivity (Wildman–Crippen MR) is 191 cm³/mol. The molecule has 27 atom stereocenters. The second kappa shape index (κ2) is 23.2. The minimum absolute atomic E-state index is 0.517. The molecule has 0 unspecified atom stereocenters. The van der Waals surface area contributed by atoms with Crippen LogP contribution >= 0.6 is 0 Å². The molecule has 0 aromatic heterocycles. The number of hydrogen-bond donors (Lipinski definition) is 19. The van der Waals surface area contributed by atoms with E-state index in [0.29, 0.717) is 0 Å². The van der Waals surface area contributed by atoms with Crippen LogP contribution < -0.4 is 5.73 Å². The molecule has 63 heavy (non-hydrogen) atoms. The molecule has 0 saturated carbocycles. The summed E-state index contributed by atoms with van der Waals surface area (Å²) in [5.41, 5.74) is 5.41. The number of rotatable bonds is 18. The van der Waals surface area contributed by atoms with Crippen LogP contribution in [-0.2, 0) is 47.4 Å². The van der Waals surface area contributed by atoms with Crippen LogP contribution in [0.5, 0.6) is 0 Å². The van der Waals surface area contributed by atoms with Crippen molar-refractivity contribution in [2.75, 3.05) is 46.2 Å². The Morgan fingerprint density at radius 3 is 1.33 bits per heavy atom. The van der Waals surface area contributed by atoms with Gasteiger partial charge in [-0.15, -0.1) is 0 Å². The smallest absolute Gasteiger partial charge is 0.187 e. The average molecular weight is 932 g/mol. The number of hydrogen-bond acceptors (Lipinski definition) is 29. The van der Waals surface area contributed by atoms with Crippen molar-refractivity contribution in [2.45, 2.75) is 166 Å². The monoisotopic (exact) mass is 931 g/mol. The molecule has 5 aliphatic heterocycles. The summed E-state index contributed by atoms with van der Waals surface area (Å²) < 4.78 is 55.9. The maximum atomic E-state index is 11.5. The zero-order chi connectivity index (χ0) is 46.6. The van der Waals surface area contributed by atoms with Crippen LogP contribution in [0, 0.1) is 0 Å². The largest absolute Gasteiger partial charge is 0.394 e. The van der Waals surface area contributed by atoms with Crippen LogP contribution in [-0.4, -0.2) is 304 Å². The third kappa shape index (κ3) is 11.9. The molecule has 5 aliphatic rings. The third-order valence-electron chi connectivity index (χ3n) is 11.3. The van der Waals surface area contributed by atoms with Crippen LogP contribution in [0.3, 0.4) is 0 Å². The van der Waals surface area contributed by atoms with Crippen LogP contribution in [0.2, 0.25) is 0 Å². The highest BCUT2D eigenvalue weighted by atomic mass is 16.8. The van der Waals surface area contributed by atoms with Gasteiger partial charge < -0.3 is 145 Å². The molecule has 0 radical (unpaired) electrons. The summed E-state index contributed by atoms with van der Waals surface area (Å²) in [4.78, 5) is 0. The summed E-state index contributed by atoms with van der Waals surface area (Å²) >= 11 is 0. The zero-order valence-electron chi connectivity index (χ0n) is 33.2. The van der Waals surface area contributed by atoms with Gasteiger partial charge in [-0.05, 0) is 0 Å². The number of nitrogens with two attached hydrogens (primary N) is 1. The summed E-state index contributed by atoms with van der Waals surface area (Å²) in [6.45, 7) is -5.21. The molecule has 20 N–H and O–H groups in total. The lowest BCUT2D eigenvalue weighted by molar-refractivity contribution is -0.389. The van der Waals surface area contributed by atoms with E-state index in [0.717, 1.165) is 0 Å². The molecule has 0 aromatic rings. The van der Waals surface area contributed by atoms with Crippen molar-refractivity contribution in [3.63, 3.8) is 0 Å². The van der Waals surface area contributed by atoms with Gasteiger partial charge >= 0.3 is 0 Å². The minimum Gasteiger partial charge on any atom is -0.394 e. The zero-order valence-corrected chi connectivity index (χ0v) is 33.2. The Kier molecular flexibility index (Phi) is 19.5. The van der Waals surface area contributed by atoms with E-state index in [1.807, 2.05) is 0 Å². The molecule has 370 valence electrons. The molecule has 0 spiro atoms. The Labute approximate surface area is 357 Å². The van der Waals surface area contributed by atoms with Gasteiger partial charge in [0.05, 0.1) is 45.7 Å². The first kappa shape index (κ1) is 52.8. The molecule has 29 nitrogen and oxygen atoms in total. The Morgan fingerprint density at radius 1 is 0.476 bits per heavy atom. The Balaban J connectivity index is 1.42. The summed E-state index contributed by atoms with van der Waals surface area (Å²) in [6, 6.07) is 0. The molecule has 29 heteroatoms. The first-order chi connectivity index (χ1) is 29.7. The summed E-state index contributed by atoms with van der Waals surface area (Å²) in [6.07, 6.45) is -50.9.